The molecule has 1 N–H and O–H groups in total. The predicted molar refractivity (Wildman–Crippen MR) is 37.3 cm³/mol. The standard InChI is InChI=1S/C5H4FNO.BrH/c6-4-1-2-5(8)7-3-4;/h1-3H,(H,7,8);1H. The monoisotopic (exact) mass is 193 g/mol. The molecule has 0 saturated carbocycles. The van der Waals surface area contributed by atoms with Crippen molar-refractivity contribution in [3.8, 4) is 0 Å². The van der Waals surface area contributed by atoms with Crippen LogP contribution in [0.3, 0.4) is 0 Å². The lowest BCUT2D eigenvalue weighted by atomic mass is 10.5. The molecule has 0 atom stereocenters. The molecule has 0 amide bonds. The van der Waals surface area contributed by atoms with Crippen molar-refractivity contribution in [2.24, 2.45) is 0 Å². The summed E-state index contributed by atoms with van der Waals surface area (Å²) in [6.45, 7) is 0. The zero-order chi connectivity index (χ0) is 5.98. The number of H-pyrrole nitrogens is 1. The van der Waals surface area contributed by atoms with Gasteiger partial charge in [-0.3, -0.25) is 4.79 Å². The number of rotatable bonds is 0. The lowest BCUT2D eigenvalue weighted by Gasteiger charge is -1.80. The highest BCUT2D eigenvalue weighted by atomic mass is 79.9. The molecule has 0 aromatic carbocycles. The van der Waals surface area contributed by atoms with Crippen molar-refractivity contribution in [1.82, 2.24) is 4.98 Å². The molecule has 0 unspecified atom stereocenters. The van der Waals surface area contributed by atoms with Crippen molar-refractivity contribution in [3.63, 3.8) is 0 Å². The van der Waals surface area contributed by atoms with Crippen molar-refractivity contribution in [2.45, 2.75) is 0 Å². The van der Waals surface area contributed by atoms with E-state index in [9.17, 15) is 9.18 Å². The van der Waals surface area contributed by atoms with Gasteiger partial charge in [-0.25, -0.2) is 4.39 Å². The molecule has 2 nitrogen and oxygen atoms in total. The van der Waals surface area contributed by atoms with Crippen LogP contribution in [0.2, 0.25) is 0 Å². The Hall–Kier alpha value is -0.640. The molecule has 1 aromatic heterocycles. The minimum absolute atomic E-state index is 0. The van der Waals surface area contributed by atoms with Crippen LogP contribution in [0, 0.1) is 5.82 Å². The van der Waals surface area contributed by atoms with E-state index < -0.39 is 5.82 Å². The highest BCUT2D eigenvalue weighted by Crippen LogP contribution is 1.84. The van der Waals surface area contributed by atoms with Crippen LogP contribution in [-0.4, -0.2) is 4.98 Å². The second kappa shape index (κ2) is 3.40. The molecule has 0 radical (unpaired) electrons. The highest BCUT2D eigenvalue weighted by Gasteiger charge is 1.83. The van der Waals surface area contributed by atoms with Crippen LogP contribution in [0.15, 0.2) is 23.1 Å². The van der Waals surface area contributed by atoms with Crippen LogP contribution in [0.5, 0.6) is 0 Å². The average Bonchev–Trinajstić information content (AvgIpc) is 1.77. The molecule has 0 saturated heterocycles. The van der Waals surface area contributed by atoms with E-state index in [2.05, 4.69) is 4.98 Å². The van der Waals surface area contributed by atoms with Gasteiger partial charge in [-0.2, -0.15) is 0 Å². The summed E-state index contributed by atoms with van der Waals surface area (Å²) in [7, 11) is 0. The van der Waals surface area contributed by atoms with Crippen LogP contribution >= 0.6 is 17.0 Å². The quantitative estimate of drug-likeness (QED) is 0.658. The first kappa shape index (κ1) is 8.36. The number of hydrogen-bond acceptors (Lipinski definition) is 1. The van der Waals surface area contributed by atoms with Crippen LogP contribution in [0.25, 0.3) is 0 Å². The fourth-order valence-corrected chi connectivity index (χ4v) is 0.392. The minimum atomic E-state index is -0.426. The van der Waals surface area contributed by atoms with Crippen molar-refractivity contribution >= 4 is 17.0 Å². The van der Waals surface area contributed by atoms with Crippen molar-refractivity contribution in [2.75, 3.05) is 0 Å². The fraction of sp³-hybridized carbons (Fsp3) is 0. The second-order valence-corrected chi connectivity index (χ2v) is 1.37. The van der Waals surface area contributed by atoms with Gasteiger partial charge in [0.2, 0.25) is 5.56 Å². The SMILES string of the molecule is Br.O=c1ccc(F)c[nH]1. The molecule has 1 rings (SSSR count). The maximum atomic E-state index is 11.9. The second-order valence-electron chi connectivity index (χ2n) is 1.37. The highest BCUT2D eigenvalue weighted by molar-refractivity contribution is 8.93. The lowest BCUT2D eigenvalue weighted by Crippen LogP contribution is -2.01. The van der Waals surface area contributed by atoms with E-state index >= 15 is 0 Å². The van der Waals surface area contributed by atoms with Gasteiger partial charge in [-0.05, 0) is 6.07 Å². The van der Waals surface area contributed by atoms with E-state index in [0.717, 1.165) is 18.3 Å². The topological polar surface area (TPSA) is 32.9 Å². The molecular weight excluding hydrogens is 189 g/mol. The molecule has 0 spiro atoms. The number of aromatic amines is 1. The smallest absolute Gasteiger partial charge is 0.248 e. The summed E-state index contributed by atoms with van der Waals surface area (Å²) in [5.74, 6) is -0.426. The Morgan fingerprint density at radius 2 is 2.11 bits per heavy atom. The van der Waals surface area contributed by atoms with E-state index in [0.29, 0.717) is 0 Å². The van der Waals surface area contributed by atoms with Gasteiger partial charge in [0.15, 0.2) is 0 Å². The molecule has 0 bridgehead atoms. The third kappa shape index (κ3) is 2.41. The first-order valence-corrected chi connectivity index (χ1v) is 2.13. The van der Waals surface area contributed by atoms with Gasteiger partial charge < -0.3 is 4.98 Å². The number of nitrogens with one attached hydrogen (secondary N) is 1. The largest absolute Gasteiger partial charge is 0.326 e. The maximum Gasteiger partial charge on any atom is 0.248 e. The first-order chi connectivity index (χ1) is 3.79. The van der Waals surface area contributed by atoms with Gasteiger partial charge in [-0.1, -0.05) is 0 Å². The van der Waals surface area contributed by atoms with Crippen molar-refractivity contribution in [3.05, 3.63) is 34.5 Å². The molecule has 0 aliphatic rings. The van der Waals surface area contributed by atoms with Crippen LogP contribution < -0.4 is 5.56 Å². The summed E-state index contributed by atoms with van der Waals surface area (Å²) in [5, 5.41) is 0. The Bertz CT molecular complexity index is 214. The molecule has 0 aliphatic heterocycles. The van der Waals surface area contributed by atoms with Crippen LogP contribution in [0.1, 0.15) is 0 Å². The maximum absolute atomic E-state index is 11.9. The molecular formula is C5H5BrFNO. The summed E-state index contributed by atoms with van der Waals surface area (Å²) in [4.78, 5) is 12.4. The van der Waals surface area contributed by atoms with E-state index in [-0.39, 0.29) is 22.5 Å². The number of hydrogen-bond donors (Lipinski definition) is 1. The summed E-state index contributed by atoms with van der Waals surface area (Å²) in [6, 6.07) is 2.24. The van der Waals surface area contributed by atoms with Gasteiger partial charge in [-0.15, -0.1) is 17.0 Å². The van der Waals surface area contributed by atoms with E-state index in [1.807, 2.05) is 0 Å². The number of pyridine rings is 1. The van der Waals surface area contributed by atoms with Gasteiger partial charge in [0.05, 0.1) is 0 Å². The van der Waals surface area contributed by atoms with Crippen molar-refractivity contribution in [1.29, 1.82) is 0 Å². The zero-order valence-electron chi connectivity index (χ0n) is 4.43. The van der Waals surface area contributed by atoms with Gasteiger partial charge in [0.1, 0.15) is 5.82 Å². The lowest BCUT2D eigenvalue weighted by molar-refractivity contribution is 0.620. The molecule has 9 heavy (non-hydrogen) atoms. The predicted octanol–water partition coefficient (Wildman–Crippen LogP) is 1.09. The molecule has 0 fully saturated rings. The Labute approximate surface area is 61.5 Å². The third-order valence-electron chi connectivity index (χ3n) is 0.746. The van der Waals surface area contributed by atoms with Crippen molar-refractivity contribution < 1.29 is 4.39 Å². The molecule has 4 heteroatoms. The van der Waals surface area contributed by atoms with E-state index in [1.165, 1.54) is 0 Å². The Morgan fingerprint density at radius 3 is 2.44 bits per heavy atom. The average molecular weight is 194 g/mol. The molecule has 1 aromatic rings. The summed E-state index contributed by atoms with van der Waals surface area (Å²) in [6.07, 6.45) is 1.02. The summed E-state index contributed by atoms with van der Waals surface area (Å²) < 4.78 is 11.9. The number of halogens is 2. The Kier molecular flexibility index (Phi) is 3.16. The third-order valence-corrected chi connectivity index (χ3v) is 0.746. The summed E-state index contributed by atoms with van der Waals surface area (Å²) >= 11 is 0. The van der Waals surface area contributed by atoms with Gasteiger partial charge >= 0.3 is 0 Å². The number of aromatic nitrogens is 1. The molecule has 0 aliphatic carbocycles. The Morgan fingerprint density at radius 1 is 1.44 bits per heavy atom. The Balaban J connectivity index is 0.000000640. The van der Waals surface area contributed by atoms with Gasteiger partial charge in [0.25, 0.3) is 0 Å². The summed E-state index contributed by atoms with van der Waals surface area (Å²) in [5.41, 5.74) is -0.286. The normalized spacial score (nSPS) is 8.11. The van der Waals surface area contributed by atoms with Crippen LogP contribution in [-0.2, 0) is 0 Å². The zero-order valence-corrected chi connectivity index (χ0v) is 6.14. The van der Waals surface area contributed by atoms with Gasteiger partial charge in [0, 0.05) is 12.3 Å². The molecule has 1 heterocycles. The first-order valence-electron chi connectivity index (χ1n) is 2.13. The fourth-order valence-electron chi connectivity index (χ4n) is 0.392. The van der Waals surface area contributed by atoms with Crippen LogP contribution in [0.4, 0.5) is 4.39 Å². The minimum Gasteiger partial charge on any atom is -0.326 e. The van der Waals surface area contributed by atoms with E-state index in [4.69, 9.17) is 0 Å². The van der Waals surface area contributed by atoms with E-state index in [1.54, 1.807) is 0 Å². The molecule has 50 valence electrons.